The van der Waals surface area contributed by atoms with Crippen LogP contribution in [0, 0.1) is 0 Å². The van der Waals surface area contributed by atoms with Gasteiger partial charge in [0.2, 0.25) is 0 Å². The first-order chi connectivity index (χ1) is 6.59. The molecular weight excluding hydrogens is 180 g/mol. The Labute approximate surface area is 82.3 Å². The summed E-state index contributed by atoms with van der Waals surface area (Å²) >= 11 is 0. The van der Waals surface area contributed by atoms with Gasteiger partial charge < -0.3 is 10.4 Å². The Bertz CT molecular complexity index is 361. The van der Waals surface area contributed by atoms with Crippen LogP contribution in [0.25, 0.3) is 5.57 Å². The van der Waals surface area contributed by atoms with Crippen LogP contribution < -0.4 is 5.32 Å². The Morgan fingerprint density at radius 1 is 1.64 bits per heavy atom. The van der Waals surface area contributed by atoms with E-state index in [2.05, 4.69) is 16.9 Å². The molecule has 74 valence electrons. The second-order valence-electron chi connectivity index (χ2n) is 3.02. The fraction of sp³-hybridized carbons (Fsp3) is 0.200. The Kier molecular flexibility index (Phi) is 3.23. The van der Waals surface area contributed by atoms with Crippen LogP contribution in [0.2, 0.25) is 0 Å². The first kappa shape index (κ1) is 10.2. The lowest BCUT2D eigenvalue weighted by Gasteiger charge is -2.03. The number of amides is 1. The lowest BCUT2D eigenvalue weighted by molar-refractivity contribution is 0.194. The van der Waals surface area contributed by atoms with Crippen LogP contribution in [-0.4, -0.2) is 16.2 Å². The maximum Gasteiger partial charge on any atom is 0.404 e. The van der Waals surface area contributed by atoms with Crippen molar-refractivity contribution in [2.24, 2.45) is 0 Å². The van der Waals surface area contributed by atoms with E-state index in [1.807, 2.05) is 13.0 Å². The molecule has 0 atom stereocenters. The molecule has 0 bridgehead atoms. The summed E-state index contributed by atoms with van der Waals surface area (Å²) in [6.07, 6.45) is 2.29. The standard InChI is InChI=1S/C10H12N2O2/c1-7(2)9-3-8(4-11-6-9)5-12-10(13)14/h3-4,6,12H,1,5H2,2H3,(H,13,14). The predicted octanol–water partition coefficient (Wildman–Crippen LogP) is 1.88. The molecule has 0 unspecified atom stereocenters. The molecule has 0 spiro atoms. The molecule has 0 radical (unpaired) electrons. The number of carbonyl (C=O) groups is 1. The highest BCUT2D eigenvalue weighted by Crippen LogP contribution is 2.11. The molecule has 0 aliphatic heterocycles. The summed E-state index contributed by atoms with van der Waals surface area (Å²) in [7, 11) is 0. The van der Waals surface area contributed by atoms with Crippen LogP contribution in [0.4, 0.5) is 4.79 Å². The van der Waals surface area contributed by atoms with Crippen LogP contribution in [0.15, 0.2) is 25.0 Å². The van der Waals surface area contributed by atoms with Crippen LogP contribution in [0.5, 0.6) is 0 Å². The van der Waals surface area contributed by atoms with Crippen LogP contribution in [0.1, 0.15) is 18.1 Å². The molecule has 1 aromatic rings. The third-order valence-electron chi connectivity index (χ3n) is 1.73. The lowest BCUT2D eigenvalue weighted by atomic mass is 10.1. The van der Waals surface area contributed by atoms with Crippen LogP contribution >= 0.6 is 0 Å². The summed E-state index contributed by atoms with van der Waals surface area (Å²) in [6.45, 7) is 5.93. The summed E-state index contributed by atoms with van der Waals surface area (Å²) < 4.78 is 0. The summed E-state index contributed by atoms with van der Waals surface area (Å²) in [5, 5.41) is 10.7. The largest absolute Gasteiger partial charge is 0.465 e. The average Bonchev–Trinajstić information content (AvgIpc) is 2.15. The molecule has 1 aromatic heterocycles. The molecule has 1 amide bonds. The minimum Gasteiger partial charge on any atom is -0.465 e. The van der Waals surface area contributed by atoms with Gasteiger partial charge in [-0.3, -0.25) is 4.98 Å². The van der Waals surface area contributed by atoms with Gasteiger partial charge in [0.05, 0.1) is 0 Å². The number of allylic oxidation sites excluding steroid dienone is 1. The van der Waals surface area contributed by atoms with Crippen LogP contribution in [0.3, 0.4) is 0 Å². The van der Waals surface area contributed by atoms with Gasteiger partial charge in [0.25, 0.3) is 0 Å². The molecule has 0 saturated carbocycles. The Morgan fingerprint density at radius 3 is 2.93 bits per heavy atom. The quantitative estimate of drug-likeness (QED) is 0.768. The van der Waals surface area contributed by atoms with Crippen molar-refractivity contribution in [1.82, 2.24) is 10.3 Å². The fourth-order valence-electron chi connectivity index (χ4n) is 0.995. The minimum absolute atomic E-state index is 0.267. The van der Waals surface area contributed by atoms with Crippen molar-refractivity contribution in [3.63, 3.8) is 0 Å². The molecule has 0 fully saturated rings. The number of hydrogen-bond acceptors (Lipinski definition) is 2. The molecule has 1 heterocycles. The molecule has 0 aliphatic carbocycles. The van der Waals surface area contributed by atoms with E-state index in [4.69, 9.17) is 5.11 Å². The average molecular weight is 192 g/mol. The Hall–Kier alpha value is -1.84. The normalized spacial score (nSPS) is 9.50. The van der Waals surface area contributed by atoms with Crippen LogP contribution in [-0.2, 0) is 6.54 Å². The van der Waals surface area contributed by atoms with Gasteiger partial charge in [0, 0.05) is 18.9 Å². The van der Waals surface area contributed by atoms with Crippen molar-refractivity contribution in [1.29, 1.82) is 0 Å². The molecule has 1 rings (SSSR count). The van der Waals surface area contributed by atoms with E-state index < -0.39 is 6.09 Å². The fourth-order valence-corrected chi connectivity index (χ4v) is 0.995. The van der Waals surface area contributed by atoms with Gasteiger partial charge in [-0.05, 0) is 29.7 Å². The number of rotatable bonds is 3. The summed E-state index contributed by atoms with van der Waals surface area (Å²) in [6, 6.07) is 1.87. The van der Waals surface area contributed by atoms with E-state index in [-0.39, 0.29) is 6.54 Å². The van der Waals surface area contributed by atoms with Gasteiger partial charge in [0.1, 0.15) is 0 Å². The molecule has 0 saturated heterocycles. The number of nitrogens with one attached hydrogen (secondary N) is 1. The van der Waals surface area contributed by atoms with Crippen molar-refractivity contribution in [2.75, 3.05) is 0 Å². The molecular formula is C10H12N2O2. The van der Waals surface area contributed by atoms with Gasteiger partial charge in [0.15, 0.2) is 0 Å². The van der Waals surface area contributed by atoms with Gasteiger partial charge in [-0.2, -0.15) is 0 Å². The van der Waals surface area contributed by atoms with E-state index >= 15 is 0 Å². The zero-order valence-electron chi connectivity index (χ0n) is 7.95. The highest BCUT2D eigenvalue weighted by molar-refractivity contribution is 5.64. The zero-order chi connectivity index (χ0) is 10.6. The van der Waals surface area contributed by atoms with Gasteiger partial charge in [-0.25, -0.2) is 4.79 Å². The van der Waals surface area contributed by atoms with Gasteiger partial charge >= 0.3 is 6.09 Å². The molecule has 14 heavy (non-hydrogen) atoms. The second kappa shape index (κ2) is 4.41. The summed E-state index contributed by atoms with van der Waals surface area (Å²) in [5.74, 6) is 0. The number of pyridine rings is 1. The van der Waals surface area contributed by atoms with Gasteiger partial charge in [-0.15, -0.1) is 0 Å². The number of hydrogen-bond donors (Lipinski definition) is 2. The first-order valence-electron chi connectivity index (χ1n) is 4.16. The van der Waals surface area contributed by atoms with Crippen molar-refractivity contribution in [3.05, 3.63) is 36.2 Å². The topological polar surface area (TPSA) is 62.2 Å². The van der Waals surface area contributed by atoms with E-state index in [9.17, 15) is 4.79 Å². The molecule has 4 nitrogen and oxygen atoms in total. The summed E-state index contributed by atoms with van der Waals surface area (Å²) in [4.78, 5) is 14.2. The van der Waals surface area contributed by atoms with Crippen molar-refractivity contribution < 1.29 is 9.90 Å². The van der Waals surface area contributed by atoms with Crippen molar-refractivity contribution >= 4 is 11.7 Å². The predicted molar refractivity (Wildman–Crippen MR) is 53.8 cm³/mol. The number of nitrogens with zero attached hydrogens (tertiary/aromatic N) is 1. The first-order valence-corrected chi connectivity index (χ1v) is 4.16. The van der Waals surface area contributed by atoms with E-state index in [1.165, 1.54) is 0 Å². The monoisotopic (exact) mass is 192 g/mol. The molecule has 0 aromatic carbocycles. The third kappa shape index (κ3) is 2.90. The lowest BCUT2D eigenvalue weighted by Crippen LogP contribution is -2.20. The van der Waals surface area contributed by atoms with E-state index in [0.29, 0.717) is 0 Å². The Morgan fingerprint density at radius 2 is 2.36 bits per heavy atom. The highest BCUT2D eigenvalue weighted by atomic mass is 16.4. The number of carboxylic acid groups (broad SMARTS) is 1. The SMILES string of the molecule is C=C(C)c1cncc(CNC(=O)O)c1. The highest BCUT2D eigenvalue weighted by Gasteiger charge is 1.99. The maximum absolute atomic E-state index is 10.2. The Balaban J connectivity index is 2.73. The van der Waals surface area contributed by atoms with E-state index in [1.54, 1.807) is 12.4 Å². The third-order valence-corrected chi connectivity index (χ3v) is 1.73. The molecule has 0 aliphatic rings. The minimum atomic E-state index is -1.04. The van der Waals surface area contributed by atoms with Crippen molar-refractivity contribution in [3.8, 4) is 0 Å². The molecule has 4 heteroatoms. The summed E-state index contributed by atoms with van der Waals surface area (Å²) in [5.41, 5.74) is 2.66. The van der Waals surface area contributed by atoms with Crippen molar-refractivity contribution in [2.45, 2.75) is 13.5 Å². The molecule has 2 N–H and O–H groups in total. The smallest absolute Gasteiger partial charge is 0.404 e. The van der Waals surface area contributed by atoms with E-state index in [0.717, 1.165) is 16.7 Å². The second-order valence-corrected chi connectivity index (χ2v) is 3.02. The zero-order valence-corrected chi connectivity index (χ0v) is 7.95. The maximum atomic E-state index is 10.2. The number of aromatic nitrogens is 1. The van der Waals surface area contributed by atoms with Gasteiger partial charge in [-0.1, -0.05) is 6.58 Å².